The highest BCUT2D eigenvalue weighted by Crippen LogP contribution is 2.20. The van der Waals surface area contributed by atoms with Crippen molar-refractivity contribution < 1.29 is 8.42 Å². The lowest BCUT2D eigenvalue weighted by Gasteiger charge is -2.25. The van der Waals surface area contributed by atoms with E-state index in [9.17, 15) is 8.42 Å². The molecule has 1 aliphatic heterocycles. The van der Waals surface area contributed by atoms with Crippen molar-refractivity contribution in [2.24, 2.45) is 5.73 Å². The van der Waals surface area contributed by atoms with Gasteiger partial charge in [-0.25, -0.2) is 8.42 Å². The van der Waals surface area contributed by atoms with Crippen molar-refractivity contribution >= 4 is 22.2 Å². The SMILES string of the molecule is CCC1CC(N)CCS1(=O)=O.Cl. The van der Waals surface area contributed by atoms with E-state index in [2.05, 4.69) is 0 Å². The summed E-state index contributed by atoms with van der Waals surface area (Å²) in [6.45, 7) is 1.90. The van der Waals surface area contributed by atoms with Gasteiger partial charge < -0.3 is 5.73 Å². The van der Waals surface area contributed by atoms with Gasteiger partial charge in [0.1, 0.15) is 0 Å². The molecule has 0 aliphatic carbocycles. The molecule has 74 valence electrons. The molecule has 1 heterocycles. The predicted molar refractivity (Wildman–Crippen MR) is 52.3 cm³/mol. The lowest BCUT2D eigenvalue weighted by molar-refractivity contribution is 0.496. The highest BCUT2D eigenvalue weighted by atomic mass is 35.5. The van der Waals surface area contributed by atoms with Crippen molar-refractivity contribution in [3.05, 3.63) is 0 Å². The van der Waals surface area contributed by atoms with Crippen molar-refractivity contribution in [2.75, 3.05) is 5.75 Å². The fourth-order valence-electron chi connectivity index (χ4n) is 1.51. The lowest BCUT2D eigenvalue weighted by Crippen LogP contribution is -2.39. The second-order valence-corrected chi connectivity index (χ2v) is 5.58. The molecule has 12 heavy (non-hydrogen) atoms. The Morgan fingerprint density at radius 2 is 2.08 bits per heavy atom. The molecule has 3 nitrogen and oxygen atoms in total. The Labute approximate surface area is 80.0 Å². The first-order valence-electron chi connectivity index (χ1n) is 4.03. The predicted octanol–water partition coefficient (Wildman–Crippen LogP) is 0.723. The van der Waals surface area contributed by atoms with Crippen LogP contribution < -0.4 is 5.73 Å². The van der Waals surface area contributed by atoms with E-state index in [-0.39, 0.29) is 29.5 Å². The van der Waals surface area contributed by atoms with E-state index in [0.717, 1.165) is 0 Å². The van der Waals surface area contributed by atoms with Crippen LogP contribution in [-0.4, -0.2) is 25.5 Å². The van der Waals surface area contributed by atoms with Gasteiger partial charge in [0.05, 0.1) is 11.0 Å². The summed E-state index contributed by atoms with van der Waals surface area (Å²) in [6, 6.07) is 0.100. The van der Waals surface area contributed by atoms with Crippen LogP contribution >= 0.6 is 12.4 Å². The van der Waals surface area contributed by atoms with Crippen LogP contribution in [0.1, 0.15) is 26.2 Å². The van der Waals surface area contributed by atoms with E-state index in [1.807, 2.05) is 6.92 Å². The molecule has 5 heteroatoms. The summed E-state index contributed by atoms with van der Waals surface area (Å²) in [6.07, 6.45) is 1.99. The Kier molecular flexibility index (Phi) is 4.51. The van der Waals surface area contributed by atoms with Crippen LogP contribution in [0.3, 0.4) is 0 Å². The molecule has 1 aliphatic rings. The summed E-state index contributed by atoms with van der Waals surface area (Å²) in [5.74, 6) is 0.284. The Bertz CT molecular complexity index is 228. The van der Waals surface area contributed by atoms with Gasteiger partial charge in [0.2, 0.25) is 0 Å². The molecule has 0 bridgehead atoms. The van der Waals surface area contributed by atoms with Crippen molar-refractivity contribution in [2.45, 2.75) is 37.5 Å². The van der Waals surface area contributed by atoms with Gasteiger partial charge in [-0.2, -0.15) is 0 Å². The van der Waals surface area contributed by atoms with Gasteiger partial charge in [-0.05, 0) is 19.3 Å². The third-order valence-corrected chi connectivity index (χ3v) is 4.65. The first-order chi connectivity index (χ1) is 5.06. The highest BCUT2D eigenvalue weighted by Gasteiger charge is 2.30. The zero-order valence-electron chi connectivity index (χ0n) is 7.19. The number of hydrogen-bond donors (Lipinski definition) is 1. The largest absolute Gasteiger partial charge is 0.328 e. The molecule has 0 aromatic heterocycles. The summed E-state index contributed by atoms with van der Waals surface area (Å²) >= 11 is 0. The quantitative estimate of drug-likeness (QED) is 0.699. The molecular formula is C7H16ClNO2S. The van der Waals surface area contributed by atoms with Gasteiger partial charge in [0.25, 0.3) is 0 Å². The van der Waals surface area contributed by atoms with Gasteiger partial charge in [-0.1, -0.05) is 6.92 Å². The zero-order valence-corrected chi connectivity index (χ0v) is 8.83. The number of hydrogen-bond acceptors (Lipinski definition) is 3. The molecule has 2 N–H and O–H groups in total. The first kappa shape index (κ1) is 12.2. The molecule has 0 saturated carbocycles. The monoisotopic (exact) mass is 213 g/mol. The molecule has 1 saturated heterocycles. The van der Waals surface area contributed by atoms with E-state index in [4.69, 9.17) is 5.73 Å². The maximum absolute atomic E-state index is 11.3. The molecule has 0 amide bonds. The molecular weight excluding hydrogens is 198 g/mol. The fourth-order valence-corrected chi connectivity index (χ4v) is 3.52. The standard InChI is InChI=1S/C7H15NO2S.ClH/c1-2-7-5-6(8)3-4-11(7,9)10;/h6-7H,2-5,8H2,1H3;1H. The van der Waals surface area contributed by atoms with E-state index < -0.39 is 9.84 Å². The van der Waals surface area contributed by atoms with Crippen molar-refractivity contribution in [3.8, 4) is 0 Å². The minimum atomic E-state index is -2.79. The molecule has 0 radical (unpaired) electrons. The van der Waals surface area contributed by atoms with Gasteiger partial charge >= 0.3 is 0 Å². The minimum Gasteiger partial charge on any atom is -0.328 e. The Balaban J connectivity index is 0.00000121. The van der Waals surface area contributed by atoms with Crippen LogP contribution in [0, 0.1) is 0 Å². The van der Waals surface area contributed by atoms with Crippen LogP contribution in [0.15, 0.2) is 0 Å². The van der Waals surface area contributed by atoms with E-state index in [0.29, 0.717) is 19.3 Å². The minimum absolute atomic E-state index is 0. The van der Waals surface area contributed by atoms with Gasteiger partial charge in [-0.3, -0.25) is 0 Å². The lowest BCUT2D eigenvalue weighted by atomic mass is 10.1. The second kappa shape index (κ2) is 4.44. The molecule has 2 unspecified atom stereocenters. The van der Waals surface area contributed by atoms with Crippen LogP contribution in [0.5, 0.6) is 0 Å². The Morgan fingerprint density at radius 3 is 2.50 bits per heavy atom. The third kappa shape index (κ3) is 2.61. The first-order valence-corrected chi connectivity index (χ1v) is 5.75. The van der Waals surface area contributed by atoms with Crippen LogP contribution in [-0.2, 0) is 9.84 Å². The second-order valence-electron chi connectivity index (χ2n) is 3.18. The number of rotatable bonds is 1. The average Bonchev–Trinajstić information content (AvgIpc) is 1.94. The maximum Gasteiger partial charge on any atom is 0.153 e. The number of nitrogens with two attached hydrogens (primary N) is 1. The van der Waals surface area contributed by atoms with Crippen LogP contribution in [0.2, 0.25) is 0 Å². The molecule has 0 aromatic carbocycles. The fraction of sp³-hybridized carbons (Fsp3) is 1.00. The smallest absolute Gasteiger partial charge is 0.153 e. The van der Waals surface area contributed by atoms with Gasteiger partial charge in [0.15, 0.2) is 9.84 Å². The Hall–Kier alpha value is 0.200. The van der Waals surface area contributed by atoms with Crippen LogP contribution in [0.4, 0.5) is 0 Å². The molecule has 1 rings (SSSR count). The van der Waals surface area contributed by atoms with E-state index >= 15 is 0 Å². The third-order valence-electron chi connectivity index (χ3n) is 2.30. The summed E-state index contributed by atoms with van der Waals surface area (Å²) in [5, 5.41) is -0.175. The molecule has 0 aromatic rings. The summed E-state index contributed by atoms with van der Waals surface area (Å²) in [4.78, 5) is 0. The molecule has 2 atom stereocenters. The highest BCUT2D eigenvalue weighted by molar-refractivity contribution is 7.92. The van der Waals surface area contributed by atoms with Crippen LogP contribution in [0.25, 0.3) is 0 Å². The number of halogens is 1. The van der Waals surface area contributed by atoms with E-state index in [1.54, 1.807) is 0 Å². The average molecular weight is 214 g/mol. The summed E-state index contributed by atoms with van der Waals surface area (Å²) < 4.78 is 22.6. The number of sulfone groups is 1. The summed E-state index contributed by atoms with van der Waals surface area (Å²) in [5.41, 5.74) is 5.66. The normalized spacial score (nSPS) is 33.8. The topological polar surface area (TPSA) is 60.2 Å². The maximum atomic E-state index is 11.3. The zero-order chi connectivity index (χ0) is 8.48. The summed E-state index contributed by atoms with van der Waals surface area (Å²) in [7, 11) is -2.79. The van der Waals surface area contributed by atoms with E-state index in [1.165, 1.54) is 0 Å². The molecule has 0 spiro atoms. The van der Waals surface area contributed by atoms with Crippen molar-refractivity contribution in [1.29, 1.82) is 0 Å². The molecule has 1 fully saturated rings. The van der Waals surface area contributed by atoms with Crippen molar-refractivity contribution in [1.82, 2.24) is 0 Å². The Morgan fingerprint density at radius 1 is 1.50 bits per heavy atom. The van der Waals surface area contributed by atoms with Crippen molar-refractivity contribution in [3.63, 3.8) is 0 Å². The van der Waals surface area contributed by atoms with Gasteiger partial charge in [-0.15, -0.1) is 12.4 Å². The van der Waals surface area contributed by atoms with Gasteiger partial charge in [0, 0.05) is 6.04 Å².